The second-order valence-electron chi connectivity index (χ2n) is 5.62. The van der Waals surface area contributed by atoms with Crippen molar-refractivity contribution in [1.29, 1.82) is 0 Å². The fraction of sp³-hybridized carbons (Fsp3) is 0.250. The molecule has 0 fully saturated rings. The van der Waals surface area contributed by atoms with Crippen LogP contribution in [0.15, 0.2) is 27.9 Å². The van der Waals surface area contributed by atoms with Crippen molar-refractivity contribution in [1.82, 2.24) is 30.7 Å². The first-order valence-electron chi connectivity index (χ1n) is 8.29. The summed E-state index contributed by atoms with van der Waals surface area (Å²) < 4.78 is 10.9. The van der Waals surface area contributed by atoms with Gasteiger partial charge in [0.1, 0.15) is 0 Å². The zero-order valence-corrected chi connectivity index (χ0v) is 15.2. The number of nitrogen functional groups attached to an aromatic ring is 1. The summed E-state index contributed by atoms with van der Waals surface area (Å²) in [5, 5.41) is 28.9. The van der Waals surface area contributed by atoms with Crippen molar-refractivity contribution in [2.24, 2.45) is 5.10 Å². The first-order chi connectivity index (χ1) is 13.6. The van der Waals surface area contributed by atoms with Crippen molar-refractivity contribution in [2.75, 3.05) is 12.8 Å². The van der Waals surface area contributed by atoms with Gasteiger partial charge in [-0.2, -0.15) is 9.78 Å². The van der Waals surface area contributed by atoms with Gasteiger partial charge in [-0.25, -0.2) is 10.1 Å². The van der Waals surface area contributed by atoms with Crippen LogP contribution in [0.2, 0.25) is 0 Å². The monoisotopic (exact) mass is 386 g/mol. The van der Waals surface area contributed by atoms with E-state index >= 15 is 0 Å². The van der Waals surface area contributed by atoms with Crippen LogP contribution in [0.3, 0.4) is 0 Å². The number of hydrogen-bond donors (Lipinski definition) is 3. The van der Waals surface area contributed by atoms with Crippen LogP contribution in [0.1, 0.15) is 35.1 Å². The molecular formula is C16H18N8O4. The second-order valence-corrected chi connectivity index (χ2v) is 5.62. The minimum absolute atomic E-state index is 0.0285. The van der Waals surface area contributed by atoms with E-state index in [-0.39, 0.29) is 23.1 Å². The Labute approximate surface area is 158 Å². The Kier molecular flexibility index (Phi) is 5.48. The smallest absolute Gasteiger partial charge is 0.293 e. The number of phenolic OH excluding ortho intramolecular Hbond substituents is 1. The lowest BCUT2D eigenvalue weighted by Crippen LogP contribution is -2.20. The number of hydrogen-bond acceptors (Lipinski definition) is 10. The average molecular weight is 386 g/mol. The van der Waals surface area contributed by atoms with Crippen LogP contribution in [0.4, 0.5) is 5.82 Å². The Bertz CT molecular complexity index is 1010. The van der Waals surface area contributed by atoms with Crippen LogP contribution in [0.25, 0.3) is 5.82 Å². The largest absolute Gasteiger partial charge is 0.504 e. The van der Waals surface area contributed by atoms with Crippen molar-refractivity contribution in [3.8, 4) is 17.3 Å². The molecule has 0 aliphatic rings. The van der Waals surface area contributed by atoms with Gasteiger partial charge in [0.15, 0.2) is 17.2 Å². The highest BCUT2D eigenvalue weighted by Crippen LogP contribution is 2.27. The van der Waals surface area contributed by atoms with Crippen molar-refractivity contribution >= 4 is 17.9 Å². The van der Waals surface area contributed by atoms with Gasteiger partial charge in [0.05, 0.1) is 19.0 Å². The van der Waals surface area contributed by atoms with E-state index in [1.54, 1.807) is 18.2 Å². The SMILES string of the molecule is CCCc1c(C(=O)N/N=C\c2cccc(OC)c2O)nnn1-c1nonc1N. The molecule has 2 aromatic heterocycles. The number of benzene rings is 1. The summed E-state index contributed by atoms with van der Waals surface area (Å²) in [6.07, 6.45) is 2.50. The van der Waals surface area contributed by atoms with Crippen LogP contribution in [-0.4, -0.2) is 49.6 Å². The molecule has 0 radical (unpaired) electrons. The van der Waals surface area contributed by atoms with E-state index in [0.29, 0.717) is 23.4 Å². The van der Waals surface area contributed by atoms with Crippen molar-refractivity contribution in [3.63, 3.8) is 0 Å². The molecule has 0 bridgehead atoms. The third-order valence-corrected chi connectivity index (χ3v) is 3.78. The van der Waals surface area contributed by atoms with E-state index in [9.17, 15) is 9.90 Å². The van der Waals surface area contributed by atoms with Crippen LogP contribution >= 0.6 is 0 Å². The van der Waals surface area contributed by atoms with Crippen LogP contribution in [0, 0.1) is 0 Å². The summed E-state index contributed by atoms with van der Waals surface area (Å²) in [6, 6.07) is 4.90. The Morgan fingerprint density at radius 2 is 2.29 bits per heavy atom. The van der Waals surface area contributed by atoms with Crippen molar-refractivity contribution in [2.45, 2.75) is 19.8 Å². The minimum atomic E-state index is -0.580. The first-order valence-corrected chi connectivity index (χ1v) is 8.29. The van der Waals surface area contributed by atoms with Gasteiger partial charge < -0.3 is 15.6 Å². The highest BCUT2D eigenvalue weighted by molar-refractivity contribution is 5.94. The third-order valence-electron chi connectivity index (χ3n) is 3.78. The van der Waals surface area contributed by atoms with E-state index in [1.165, 1.54) is 18.0 Å². The van der Waals surface area contributed by atoms with Crippen LogP contribution in [0.5, 0.6) is 11.5 Å². The van der Waals surface area contributed by atoms with E-state index in [0.717, 1.165) is 6.42 Å². The molecule has 28 heavy (non-hydrogen) atoms. The lowest BCUT2D eigenvalue weighted by atomic mass is 10.2. The van der Waals surface area contributed by atoms with E-state index in [4.69, 9.17) is 10.5 Å². The van der Waals surface area contributed by atoms with E-state index < -0.39 is 5.91 Å². The molecule has 12 nitrogen and oxygen atoms in total. The highest BCUT2D eigenvalue weighted by Gasteiger charge is 2.23. The molecule has 3 rings (SSSR count). The standard InChI is InChI=1S/C16H18N8O4/c1-3-5-10-12(19-23-24(10)15-14(17)21-28-22-15)16(26)20-18-8-9-6-4-7-11(27-2)13(9)25/h4,6-8,25H,3,5H2,1-2H3,(H2,17,21)(H,20,26)/b18-8-. The number of hydrazone groups is 1. The van der Waals surface area contributed by atoms with Gasteiger partial charge in [0.25, 0.3) is 5.91 Å². The second kappa shape index (κ2) is 8.16. The summed E-state index contributed by atoms with van der Waals surface area (Å²) in [6.45, 7) is 1.94. The summed E-state index contributed by atoms with van der Waals surface area (Å²) in [7, 11) is 1.44. The number of phenols is 1. The number of aromatic hydroxyl groups is 1. The van der Waals surface area contributed by atoms with Gasteiger partial charge in [-0.1, -0.05) is 24.6 Å². The molecule has 12 heteroatoms. The molecule has 0 spiro atoms. The Morgan fingerprint density at radius 3 is 2.96 bits per heavy atom. The summed E-state index contributed by atoms with van der Waals surface area (Å²) >= 11 is 0. The molecule has 2 heterocycles. The predicted octanol–water partition coefficient (Wildman–Crippen LogP) is 0.663. The number of anilines is 1. The topological polar surface area (TPSA) is 167 Å². The lowest BCUT2D eigenvalue weighted by molar-refractivity contribution is 0.0949. The van der Waals surface area contributed by atoms with Gasteiger partial charge in [-0.3, -0.25) is 4.79 Å². The number of rotatable bonds is 7. The number of nitrogens with zero attached hydrogens (tertiary/aromatic N) is 6. The number of nitrogens with one attached hydrogen (secondary N) is 1. The molecule has 3 aromatic rings. The number of ether oxygens (including phenoxy) is 1. The van der Waals surface area contributed by atoms with Crippen molar-refractivity contribution in [3.05, 3.63) is 35.2 Å². The molecule has 146 valence electrons. The fourth-order valence-corrected chi connectivity index (χ4v) is 2.47. The molecule has 1 aromatic carbocycles. The number of nitrogens with two attached hydrogens (primary N) is 1. The van der Waals surface area contributed by atoms with Gasteiger partial charge in [0.2, 0.25) is 11.6 Å². The van der Waals surface area contributed by atoms with Crippen LogP contribution in [-0.2, 0) is 6.42 Å². The molecule has 0 atom stereocenters. The maximum atomic E-state index is 12.5. The van der Waals surface area contributed by atoms with Gasteiger partial charge >= 0.3 is 0 Å². The van der Waals surface area contributed by atoms with E-state index in [1.807, 2.05) is 6.92 Å². The average Bonchev–Trinajstić information content (AvgIpc) is 3.29. The van der Waals surface area contributed by atoms with Gasteiger partial charge in [-0.15, -0.1) is 5.10 Å². The number of aromatic nitrogens is 5. The number of carbonyl (C=O) groups is 1. The predicted molar refractivity (Wildman–Crippen MR) is 97.3 cm³/mol. The maximum Gasteiger partial charge on any atom is 0.293 e. The lowest BCUT2D eigenvalue weighted by Gasteiger charge is -2.05. The van der Waals surface area contributed by atoms with Gasteiger partial charge in [-0.05, 0) is 28.9 Å². The molecule has 0 saturated heterocycles. The molecule has 0 aliphatic heterocycles. The van der Waals surface area contributed by atoms with Gasteiger partial charge in [0, 0.05) is 5.56 Å². The molecular weight excluding hydrogens is 368 g/mol. The quantitative estimate of drug-likeness (QED) is 0.390. The van der Waals surface area contributed by atoms with Crippen molar-refractivity contribution < 1.29 is 19.3 Å². The number of amides is 1. The number of para-hydroxylation sites is 1. The molecule has 1 amide bonds. The Balaban J connectivity index is 1.81. The first kappa shape index (κ1) is 18.8. The summed E-state index contributed by atoms with van der Waals surface area (Å²) in [4.78, 5) is 12.5. The molecule has 0 unspecified atom stereocenters. The maximum absolute atomic E-state index is 12.5. The molecule has 4 N–H and O–H groups in total. The zero-order valence-electron chi connectivity index (χ0n) is 15.2. The Hall–Kier alpha value is -3.96. The summed E-state index contributed by atoms with van der Waals surface area (Å²) in [5.74, 6) is -0.194. The number of methoxy groups -OCH3 is 1. The number of carbonyl (C=O) groups excluding carboxylic acids is 1. The van der Waals surface area contributed by atoms with Crippen LogP contribution < -0.4 is 15.9 Å². The Morgan fingerprint density at radius 1 is 1.46 bits per heavy atom. The normalized spacial score (nSPS) is 11.1. The summed E-state index contributed by atoms with van der Waals surface area (Å²) in [5.41, 5.74) is 8.98. The minimum Gasteiger partial charge on any atom is -0.504 e. The van der Waals surface area contributed by atoms with E-state index in [2.05, 4.69) is 35.8 Å². The molecule has 0 aliphatic carbocycles. The zero-order chi connectivity index (χ0) is 20.1. The highest BCUT2D eigenvalue weighted by atomic mass is 16.6. The molecule has 0 saturated carbocycles. The third kappa shape index (κ3) is 3.60. The fourth-order valence-electron chi connectivity index (χ4n) is 2.47.